The van der Waals surface area contributed by atoms with Crippen LogP contribution < -0.4 is 5.32 Å². The second-order valence-electron chi connectivity index (χ2n) is 7.69. The van der Waals surface area contributed by atoms with Crippen molar-refractivity contribution in [2.75, 3.05) is 0 Å². The molecule has 2 atom stereocenters. The van der Waals surface area contributed by atoms with E-state index in [1.807, 2.05) is 27.7 Å². The van der Waals surface area contributed by atoms with E-state index in [4.69, 9.17) is 9.15 Å². The Hall–Kier alpha value is -2.02. The van der Waals surface area contributed by atoms with Crippen molar-refractivity contribution < 1.29 is 13.9 Å². The summed E-state index contributed by atoms with van der Waals surface area (Å²) in [6, 6.07) is 7.96. The molecular weight excluding hydrogens is 362 g/mol. The number of nitrogens with one attached hydrogen (secondary N) is 1. The normalized spacial score (nSPS) is 13.9. The van der Waals surface area contributed by atoms with Gasteiger partial charge in [-0.1, -0.05) is 61.9 Å². The Bertz CT molecular complexity index is 738. The van der Waals surface area contributed by atoms with Crippen molar-refractivity contribution in [2.45, 2.75) is 70.6 Å². The molecule has 148 valence electrons. The number of hydrogen-bond donors (Lipinski definition) is 1. The predicted octanol–water partition coefficient (Wildman–Crippen LogP) is 5.28. The molecule has 1 aromatic carbocycles. The van der Waals surface area contributed by atoms with Gasteiger partial charge in [0.15, 0.2) is 0 Å². The summed E-state index contributed by atoms with van der Waals surface area (Å²) in [5.41, 5.74) is 1.86. The van der Waals surface area contributed by atoms with Crippen molar-refractivity contribution in [2.24, 2.45) is 5.92 Å². The average Bonchev–Trinajstić information content (AvgIpc) is 3.05. The molecule has 0 unspecified atom stereocenters. The Morgan fingerprint density at radius 2 is 1.93 bits per heavy atom. The highest BCUT2D eigenvalue weighted by atomic mass is 32.2. The number of rotatable bonds is 7. The number of benzene rings is 1. The standard InChI is InChI=1S/C20H29N3O3S/c1-7-14(3)16(21-18(24)26-20(4,5)6)17-22-23-19(25-17)27-12-15-10-8-13(2)9-11-15/h8-11,14,16H,7,12H2,1-6H3,(H,21,24)/t14-,16-/m0/s1. The Morgan fingerprint density at radius 3 is 2.52 bits per heavy atom. The van der Waals surface area contributed by atoms with E-state index in [-0.39, 0.29) is 12.0 Å². The molecule has 0 saturated heterocycles. The molecule has 0 aliphatic heterocycles. The predicted molar refractivity (Wildman–Crippen MR) is 107 cm³/mol. The van der Waals surface area contributed by atoms with Gasteiger partial charge in [0.2, 0.25) is 5.89 Å². The van der Waals surface area contributed by atoms with Crippen LogP contribution in [0.4, 0.5) is 4.79 Å². The van der Waals surface area contributed by atoms with Crippen LogP contribution in [0.3, 0.4) is 0 Å². The van der Waals surface area contributed by atoms with Crippen molar-refractivity contribution in [1.29, 1.82) is 0 Å². The van der Waals surface area contributed by atoms with E-state index in [1.165, 1.54) is 22.9 Å². The summed E-state index contributed by atoms with van der Waals surface area (Å²) < 4.78 is 11.2. The first-order valence-electron chi connectivity index (χ1n) is 9.19. The number of hydrogen-bond acceptors (Lipinski definition) is 6. The summed E-state index contributed by atoms with van der Waals surface area (Å²) in [6.45, 7) is 11.6. The van der Waals surface area contributed by atoms with E-state index in [1.54, 1.807) is 0 Å². The maximum absolute atomic E-state index is 12.2. The SMILES string of the molecule is CC[C@H](C)[C@H](NC(=O)OC(C)(C)C)c1nnc(SCc2ccc(C)cc2)o1. The minimum Gasteiger partial charge on any atom is -0.444 e. The van der Waals surface area contributed by atoms with E-state index < -0.39 is 11.7 Å². The average molecular weight is 392 g/mol. The number of aromatic nitrogens is 2. The van der Waals surface area contributed by atoms with Crippen LogP contribution in [0.5, 0.6) is 0 Å². The Morgan fingerprint density at radius 1 is 1.26 bits per heavy atom. The number of carbonyl (C=O) groups excluding carboxylic acids is 1. The van der Waals surface area contributed by atoms with Crippen molar-refractivity contribution in [3.8, 4) is 0 Å². The molecule has 2 rings (SSSR count). The van der Waals surface area contributed by atoms with Gasteiger partial charge in [-0.05, 0) is 39.2 Å². The number of aryl methyl sites for hydroxylation is 1. The highest BCUT2D eigenvalue weighted by Gasteiger charge is 2.28. The molecule has 1 aromatic heterocycles. The van der Waals surface area contributed by atoms with Crippen LogP contribution in [0.2, 0.25) is 0 Å². The Kier molecular flexibility index (Phi) is 7.30. The molecule has 2 aromatic rings. The molecule has 0 radical (unpaired) electrons. The van der Waals surface area contributed by atoms with Crippen molar-refractivity contribution in [3.05, 3.63) is 41.3 Å². The molecule has 1 heterocycles. The lowest BCUT2D eigenvalue weighted by molar-refractivity contribution is 0.0474. The third-order valence-electron chi connectivity index (χ3n) is 4.06. The summed E-state index contributed by atoms with van der Waals surface area (Å²) in [4.78, 5) is 12.2. The fourth-order valence-corrected chi connectivity index (χ4v) is 3.08. The van der Waals surface area contributed by atoms with Gasteiger partial charge in [0.25, 0.3) is 5.22 Å². The van der Waals surface area contributed by atoms with Gasteiger partial charge in [-0.2, -0.15) is 0 Å². The Balaban J connectivity index is 2.04. The van der Waals surface area contributed by atoms with E-state index in [0.29, 0.717) is 11.1 Å². The first-order chi connectivity index (χ1) is 12.7. The van der Waals surface area contributed by atoms with Crippen molar-refractivity contribution >= 4 is 17.9 Å². The molecule has 0 fully saturated rings. The lowest BCUT2D eigenvalue weighted by Gasteiger charge is -2.24. The zero-order valence-electron chi connectivity index (χ0n) is 16.9. The highest BCUT2D eigenvalue weighted by Crippen LogP contribution is 2.28. The van der Waals surface area contributed by atoms with E-state index in [0.717, 1.165) is 12.2 Å². The zero-order chi connectivity index (χ0) is 20.0. The molecular formula is C20H29N3O3S. The lowest BCUT2D eigenvalue weighted by atomic mass is 9.99. The number of nitrogens with zero attached hydrogens (tertiary/aromatic N) is 2. The van der Waals surface area contributed by atoms with Gasteiger partial charge in [0.05, 0.1) is 0 Å². The highest BCUT2D eigenvalue weighted by molar-refractivity contribution is 7.98. The van der Waals surface area contributed by atoms with Gasteiger partial charge in [0, 0.05) is 5.75 Å². The fourth-order valence-electron chi connectivity index (χ4n) is 2.35. The van der Waals surface area contributed by atoms with E-state index in [9.17, 15) is 4.79 Å². The van der Waals surface area contributed by atoms with Gasteiger partial charge in [-0.15, -0.1) is 10.2 Å². The molecule has 7 heteroatoms. The molecule has 0 aliphatic rings. The number of ether oxygens (including phenoxy) is 1. The summed E-state index contributed by atoms with van der Waals surface area (Å²) in [6.07, 6.45) is 0.370. The molecule has 0 saturated carbocycles. The lowest BCUT2D eigenvalue weighted by Crippen LogP contribution is -2.37. The van der Waals surface area contributed by atoms with Crippen molar-refractivity contribution in [1.82, 2.24) is 15.5 Å². The quantitative estimate of drug-likeness (QED) is 0.647. The van der Waals surface area contributed by atoms with Crippen LogP contribution in [0.1, 0.15) is 64.1 Å². The first kappa shape index (κ1) is 21.3. The molecule has 1 amide bonds. The zero-order valence-corrected chi connectivity index (χ0v) is 17.7. The second-order valence-corrected chi connectivity index (χ2v) is 8.62. The number of thioether (sulfide) groups is 1. The van der Waals surface area contributed by atoms with E-state index in [2.05, 4.69) is 53.6 Å². The monoisotopic (exact) mass is 391 g/mol. The number of carbonyl (C=O) groups is 1. The number of alkyl carbamates (subject to hydrolysis) is 1. The van der Waals surface area contributed by atoms with Crippen molar-refractivity contribution in [3.63, 3.8) is 0 Å². The molecule has 0 spiro atoms. The van der Waals surface area contributed by atoms with Gasteiger partial charge in [0.1, 0.15) is 11.6 Å². The van der Waals surface area contributed by atoms with Gasteiger partial charge in [-0.3, -0.25) is 0 Å². The van der Waals surface area contributed by atoms with Crippen LogP contribution in [0, 0.1) is 12.8 Å². The van der Waals surface area contributed by atoms with E-state index >= 15 is 0 Å². The second kappa shape index (κ2) is 9.26. The van der Waals surface area contributed by atoms with Crippen LogP contribution in [-0.4, -0.2) is 21.9 Å². The number of amides is 1. The van der Waals surface area contributed by atoms with Gasteiger partial charge in [-0.25, -0.2) is 4.79 Å². The van der Waals surface area contributed by atoms with Gasteiger partial charge >= 0.3 is 6.09 Å². The van der Waals surface area contributed by atoms with Crippen LogP contribution in [0.25, 0.3) is 0 Å². The molecule has 1 N–H and O–H groups in total. The summed E-state index contributed by atoms with van der Waals surface area (Å²) in [5, 5.41) is 11.6. The first-order valence-corrected chi connectivity index (χ1v) is 10.2. The molecule has 0 bridgehead atoms. The van der Waals surface area contributed by atoms with Gasteiger partial charge < -0.3 is 14.5 Å². The molecule has 27 heavy (non-hydrogen) atoms. The summed E-state index contributed by atoms with van der Waals surface area (Å²) in [5.74, 6) is 1.28. The van der Waals surface area contributed by atoms with Crippen LogP contribution in [0.15, 0.2) is 33.9 Å². The maximum Gasteiger partial charge on any atom is 0.408 e. The topological polar surface area (TPSA) is 77.2 Å². The summed E-state index contributed by atoms with van der Waals surface area (Å²) in [7, 11) is 0. The third-order valence-corrected chi connectivity index (χ3v) is 4.95. The largest absolute Gasteiger partial charge is 0.444 e. The molecule has 0 aliphatic carbocycles. The minimum absolute atomic E-state index is 0.132. The smallest absolute Gasteiger partial charge is 0.408 e. The van der Waals surface area contributed by atoms with Crippen LogP contribution >= 0.6 is 11.8 Å². The summed E-state index contributed by atoms with van der Waals surface area (Å²) >= 11 is 1.48. The van der Waals surface area contributed by atoms with Crippen LogP contribution in [-0.2, 0) is 10.5 Å². The molecule has 6 nitrogen and oxygen atoms in total. The Labute approximate surface area is 165 Å². The third kappa shape index (κ3) is 6.90. The fraction of sp³-hybridized carbons (Fsp3) is 0.550. The maximum atomic E-state index is 12.2. The minimum atomic E-state index is -0.562.